The van der Waals surface area contributed by atoms with Crippen LogP contribution in [0.25, 0.3) is 0 Å². The van der Waals surface area contributed by atoms with E-state index in [1.807, 2.05) is 5.38 Å². The van der Waals surface area contributed by atoms with Gasteiger partial charge in [0, 0.05) is 24.0 Å². The average Bonchev–Trinajstić information content (AvgIpc) is 3.13. The standard InChI is InChI=1S/C20H27N3O4S/c1-13-6-5-7-23(10-13)11-15-12-28-20(21-15)22-19(24)14-8-16(25-2)18(27-4)17(9-14)26-3/h8-9,12-13H,5-7,10-11H2,1-4H3,(H,21,22,24). The smallest absolute Gasteiger partial charge is 0.257 e. The lowest BCUT2D eigenvalue weighted by Gasteiger charge is -2.30. The van der Waals surface area contributed by atoms with Gasteiger partial charge in [-0.2, -0.15) is 0 Å². The molecule has 1 amide bonds. The van der Waals surface area contributed by atoms with Crippen LogP contribution in [0.2, 0.25) is 0 Å². The van der Waals surface area contributed by atoms with Crippen LogP contribution in [0.15, 0.2) is 17.5 Å². The first-order valence-electron chi connectivity index (χ1n) is 9.32. The van der Waals surface area contributed by atoms with Gasteiger partial charge < -0.3 is 14.2 Å². The Kier molecular flexibility index (Phi) is 6.74. The van der Waals surface area contributed by atoms with Crippen molar-refractivity contribution in [2.75, 3.05) is 39.7 Å². The third kappa shape index (κ3) is 4.74. The summed E-state index contributed by atoms with van der Waals surface area (Å²) >= 11 is 1.43. The molecule has 0 aliphatic carbocycles. The molecular weight excluding hydrogens is 378 g/mol. The van der Waals surface area contributed by atoms with Gasteiger partial charge in [0.05, 0.1) is 27.0 Å². The number of rotatable bonds is 7. The van der Waals surface area contributed by atoms with E-state index in [9.17, 15) is 4.79 Å². The summed E-state index contributed by atoms with van der Waals surface area (Å²) in [5, 5.41) is 5.45. The van der Waals surface area contributed by atoms with Crippen LogP contribution in [0.3, 0.4) is 0 Å². The Morgan fingerprint density at radius 1 is 1.25 bits per heavy atom. The van der Waals surface area contributed by atoms with Crippen molar-refractivity contribution in [2.45, 2.75) is 26.3 Å². The van der Waals surface area contributed by atoms with Crippen molar-refractivity contribution in [1.82, 2.24) is 9.88 Å². The second-order valence-corrected chi connectivity index (χ2v) is 7.85. The molecule has 1 saturated heterocycles. The number of carbonyl (C=O) groups excluding carboxylic acids is 1. The van der Waals surface area contributed by atoms with E-state index in [0.717, 1.165) is 31.2 Å². The zero-order valence-corrected chi connectivity index (χ0v) is 17.6. The van der Waals surface area contributed by atoms with E-state index in [4.69, 9.17) is 14.2 Å². The van der Waals surface area contributed by atoms with Crippen molar-refractivity contribution < 1.29 is 19.0 Å². The van der Waals surface area contributed by atoms with Crippen molar-refractivity contribution in [3.8, 4) is 17.2 Å². The van der Waals surface area contributed by atoms with E-state index in [1.165, 1.54) is 45.5 Å². The molecule has 2 aromatic rings. The fourth-order valence-corrected chi connectivity index (χ4v) is 4.17. The van der Waals surface area contributed by atoms with Crippen LogP contribution in [0.1, 0.15) is 35.8 Å². The number of piperidine rings is 1. The van der Waals surface area contributed by atoms with Crippen LogP contribution >= 0.6 is 11.3 Å². The summed E-state index contributed by atoms with van der Waals surface area (Å²) in [7, 11) is 4.57. The van der Waals surface area contributed by atoms with Crippen molar-refractivity contribution in [3.63, 3.8) is 0 Å². The highest BCUT2D eigenvalue weighted by Crippen LogP contribution is 2.38. The summed E-state index contributed by atoms with van der Waals surface area (Å²) in [6.45, 7) is 5.32. The predicted octanol–water partition coefficient (Wildman–Crippen LogP) is 3.65. The fraction of sp³-hybridized carbons (Fsp3) is 0.500. The lowest BCUT2D eigenvalue weighted by molar-refractivity contribution is 0.102. The molecule has 1 N–H and O–H groups in total. The molecule has 7 nitrogen and oxygen atoms in total. The monoisotopic (exact) mass is 405 g/mol. The van der Waals surface area contributed by atoms with Crippen LogP contribution in [0.4, 0.5) is 5.13 Å². The van der Waals surface area contributed by atoms with Gasteiger partial charge in [-0.25, -0.2) is 4.98 Å². The molecule has 1 unspecified atom stereocenters. The SMILES string of the molecule is COc1cc(C(=O)Nc2nc(CN3CCCC(C)C3)cs2)cc(OC)c1OC. The summed E-state index contributed by atoms with van der Waals surface area (Å²) in [5.41, 5.74) is 1.40. The second kappa shape index (κ2) is 9.25. The Morgan fingerprint density at radius 2 is 1.96 bits per heavy atom. The number of hydrogen-bond donors (Lipinski definition) is 1. The number of aromatic nitrogens is 1. The van der Waals surface area contributed by atoms with Crippen molar-refractivity contribution >= 4 is 22.4 Å². The van der Waals surface area contributed by atoms with Crippen molar-refractivity contribution in [2.24, 2.45) is 5.92 Å². The molecule has 0 bridgehead atoms. The van der Waals surface area contributed by atoms with E-state index in [-0.39, 0.29) is 5.91 Å². The second-order valence-electron chi connectivity index (χ2n) is 6.99. The highest BCUT2D eigenvalue weighted by Gasteiger charge is 2.19. The average molecular weight is 406 g/mol. The maximum absolute atomic E-state index is 12.7. The Labute approximate surface area is 169 Å². The topological polar surface area (TPSA) is 72.9 Å². The summed E-state index contributed by atoms with van der Waals surface area (Å²) in [6, 6.07) is 3.25. The minimum atomic E-state index is -0.272. The molecule has 8 heteroatoms. The molecular formula is C20H27N3O4S. The van der Waals surface area contributed by atoms with Gasteiger partial charge in [0.2, 0.25) is 5.75 Å². The number of likely N-dealkylation sites (tertiary alicyclic amines) is 1. The number of ether oxygens (including phenoxy) is 3. The molecule has 2 heterocycles. The Bertz CT molecular complexity index is 799. The highest BCUT2D eigenvalue weighted by atomic mass is 32.1. The number of hydrogen-bond acceptors (Lipinski definition) is 7. The molecule has 1 aromatic carbocycles. The van der Waals surface area contributed by atoms with E-state index in [1.54, 1.807) is 12.1 Å². The van der Waals surface area contributed by atoms with Crippen LogP contribution in [-0.2, 0) is 6.54 Å². The first-order chi connectivity index (χ1) is 13.5. The number of nitrogens with zero attached hydrogens (tertiary/aromatic N) is 2. The molecule has 1 aromatic heterocycles. The lowest BCUT2D eigenvalue weighted by atomic mass is 10.0. The quantitative estimate of drug-likeness (QED) is 0.758. The van der Waals surface area contributed by atoms with Gasteiger partial charge in [-0.15, -0.1) is 11.3 Å². The Hall–Kier alpha value is -2.32. The zero-order chi connectivity index (χ0) is 20.1. The van der Waals surface area contributed by atoms with Crippen LogP contribution in [0.5, 0.6) is 17.2 Å². The molecule has 28 heavy (non-hydrogen) atoms. The van der Waals surface area contributed by atoms with Crippen molar-refractivity contribution in [1.29, 1.82) is 0 Å². The third-order valence-corrected chi connectivity index (χ3v) is 5.63. The number of amides is 1. The molecule has 0 spiro atoms. The summed E-state index contributed by atoms with van der Waals surface area (Å²) in [6.07, 6.45) is 2.53. The van der Waals surface area contributed by atoms with Gasteiger partial charge in [0.1, 0.15) is 0 Å². The van der Waals surface area contributed by atoms with Gasteiger partial charge in [0.25, 0.3) is 5.91 Å². The van der Waals surface area contributed by atoms with Gasteiger partial charge in [-0.3, -0.25) is 15.0 Å². The molecule has 152 valence electrons. The number of benzene rings is 1. The predicted molar refractivity (Wildman–Crippen MR) is 110 cm³/mol. The van der Waals surface area contributed by atoms with E-state index in [0.29, 0.717) is 27.9 Å². The molecule has 0 saturated carbocycles. The summed E-state index contributed by atoms with van der Waals surface area (Å²) in [5.74, 6) is 1.78. The van der Waals surface area contributed by atoms with Gasteiger partial charge >= 0.3 is 0 Å². The minimum absolute atomic E-state index is 0.272. The number of nitrogens with one attached hydrogen (secondary N) is 1. The van der Waals surface area contributed by atoms with Crippen LogP contribution < -0.4 is 19.5 Å². The summed E-state index contributed by atoms with van der Waals surface area (Å²) < 4.78 is 15.9. The van der Waals surface area contributed by atoms with E-state index < -0.39 is 0 Å². The highest BCUT2D eigenvalue weighted by molar-refractivity contribution is 7.13. The van der Waals surface area contributed by atoms with E-state index >= 15 is 0 Å². The first kappa shape index (κ1) is 20.4. The summed E-state index contributed by atoms with van der Waals surface area (Å²) in [4.78, 5) is 19.7. The van der Waals surface area contributed by atoms with Gasteiger partial charge in [-0.05, 0) is 37.4 Å². The van der Waals surface area contributed by atoms with Gasteiger partial charge in [0.15, 0.2) is 16.6 Å². The minimum Gasteiger partial charge on any atom is -0.493 e. The molecule has 1 fully saturated rings. The molecule has 1 atom stereocenters. The Balaban J connectivity index is 1.69. The third-order valence-electron chi connectivity index (χ3n) is 4.83. The largest absolute Gasteiger partial charge is 0.493 e. The number of methoxy groups -OCH3 is 3. The maximum Gasteiger partial charge on any atom is 0.257 e. The number of thiazole rings is 1. The molecule has 3 rings (SSSR count). The van der Waals surface area contributed by atoms with Crippen LogP contribution in [-0.4, -0.2) is 50.2 Å². The number of carbonyl (C=O) groups is 1. The normalized spacial score (nSPS) is 17.2. The zero-order valence-electron chi connectivity index (χ0n) is 16.8. The first-order valence-corrected chi connectivity index (χ1v) is 10.2. The maximum atomic E-state index is 12.7. The van der Waals surface area contributed by atoms with E-state index in [2.05, 4.69) is 22.1 Å². The molecule has 1 aliphatic rings. The Morgan fingerprint density at radius 3 is 2.57 bits per heavy atom. The van der Waals surface area contributed by atoms with Crippen molar-refractivity contribution in [3.05, 3.63) is 28.8 Å². The number of anilines is 1. The molecule has 1 aliphatic heterocycles. The fourth-order valence-electron chi connectivity index (χ4n) is 3.48. The molecule has 0 radical (unpaired) electrons. The van der Waals surface area contributed by atoms with Gasteiger partial charge in [-0.1, -0.05) is 6.92 Å². The van der Waals surface area contributed by atoms with Crippen LogP contribution in [0, 0.1) is 5.92 Å². The lowest BCUT2D eigenvalue weighted by Crippen LogP contribution is -2.33.